The highest BCUT2D eigenvalue weighted by molar-refractivity contribution is 5.83. The van der Waals surface area contributed by atoms with E-state index in [1.54, 1.807) is 0 Å². The van der Waals surface area contributed by atoms with E-state index in [2.05, 4.69) is 19.1 Å². The van der Waals surface area contributed by atoms with Gasteiger partial charge in [0.25, 0.3) is 0 Å². The number of hydrogen-bond acceptors (Lipinski definition) is 2. The largest absolute Gasteiger partial charge is 0.399 e. The first-order chi connectivity index (χ1) is 9.60. The first kappa shape index (κ1) is 13.9. The maximum absolute atomic E-state index is 5.73. The standard InChI is InChI=1S/C18H20N2/c1-3-14(16-6-10-18(20)11-7-16)12-13(2)15-4-8-17(19)9-5-15/h3-12H,19-20H2,1-2H3/b13-12+,14-3+. The number of rotatable bonds is 3. The van der Waals surface area contributed by atoms with Crippen molar-refractivity contribution in [1.29, 1.82) is 0 Å². The summed E-state index contributed by atoms with van der Waals surface area (Å²) in [6.07, 6.45) is 4.28. The Morgan fingerprint density at radius 1 is 0.800 bits per heavy atom. The van der Waals surface area contributed by atoms with Gasteiger partial charge >= 0.3 is 0 Å². The van der Waals surface area contributed by atoms with Crippen molar-refractivity contribution < 1.29 is 0 Å². The summed E-state index contributed by atoms with van der Waals surface area (Å²) >= 11 is 0. The molecule has 0 unspecified atom stereocenters. The molecule has 2 aromatic carbocycles. The van der Waals surface area contributed by atoms with Gasteiger partial charge < -0.3 is 11.5 Å². The van der Waals surface area contributed by atoms with Crippen LogP contribution in [0.3, 0.4) is 0 Å². The van der Waals surface area contributed by atoms with Crippen LogP contribution in [0.2, 0.25) is 0 Å². The monoisotopic (exact) mass is 264 g/mol. The highest BCUT2D eigenvalue weighted by Crippen LogP contribution is 2.23. The Kier molecular flexibility index (Phi) is 4.26. The quantitative estimate of drug-likeness (QED) is 0.639. The molecule has 2 aromatic rings. The minimum absolute atomic E-state index is 0.781. The number of hydrogen-bond donors (Lipinski definition) is 2. The maximum Gasteiger partial charge on any atom is 0.0314 e. The fourth-order valence-corrected chi connectivity index (χ4v) is 2.07. The minimum atomic E-state index is 0.781. The lowest BCUT2D eigenvalue weighted by Crippen LogP contribution is -1.88. The molecule has 0 aromatic heterocycles. The van der Waals surface area contributed by atoms with Crippen molar-refractivity contribution in [3.63, 3.8) is 0 Å². The molecule has 0 radical (unpaired) electrons. The molecule has 0 amide bonds. The average molecular weight is 264 g/mol. The average Bonchev–Trinajstić information content (AvgIpc) is 2.46. The van der Waals surface area contributed by atoms with Crippen LogP contribution in [0.25, 0.3) is 11.1 Å². The molecule has 4 N–H and O–H groups in total. The Morgan fingerprint density at radius 2 is 1.25 bits per heavy atom. The summed E-state index contributed by atoms with van der Waals surface area (Å²) in [5.74, 6) is 0. The van der Waals surface area contributed by atoms with Gasteiger partial charge in [0.15, 0.2) is 0 Å². The molecule has 102 valence electrons. The Balaban J connectivity index is 2.31. The van der Waals surface area contributed by atoms with Crippen LogP contribution in [0.15, 0.2) is 60.7 Å². The molecular formula is C18H20N2. The second-order valence-corrected chi connectivity index (χ2v) is 4.82. The zero-order valence-corrected chi connectivity index (χ0v) is 11.9. The molecule has 2 nitrogen and oxygen atoms in total. The van der Waals surface area contributed by atoms with E-state index >= 15 is 0 Å². The van der Waals surface area contributed by atoms with Gasteiger partial charge in [-0.1, -0.05) is 36.4 Å². The van der Waals surface area contributed by atoms with Crippen molar-refractivity contribution in [3.8, 4) is 0 Å². The molecule has 0 heterocycles. The van der Waals surface area contributed by atoms with Crippen LogP contribution in [-0.2, 0) is 0 Å². The molecule has 0 aliphatic carbocycles. The first-order valence-electron chi connectivity index (χ1n) is 6.66. The molecule has 2 rings (SSSR count). The summed E-state index contributed by atoms with van der Waals surface area (Å²) in [4.78, 5) is 0. The van der Waals surface area contributed by atoms with Crippen molar-refractivity contribution in [1.82, 2.24) is 0 Å². The van der Waals surface area contributed by atoms with Gasteiger partial charge in [-0.05, 0) is 60.4 Å². The molecule has 0 aliphatic heterocycles. The normalized spacial score (nSPS) is 12.5. The van der Waals surface area contributed by atoms with Gasteiger partial charge in [0.05, 0.1) is 0 Å². The van der Waals surface area contributed by atoms with Gasteiger partial charge in [0.2, 0.25) is 0 Å². The van der Waals surface area contributed by atoms with Crippen molar-refractivity contribution in [2.45, 2.75) is 13.8 Å². The summed E-state index contributed by atoms with van der Waals surface area (Å²) in [6, 6.07) is 15.8. The van der Waals surface area contributed by atoms with Crippen LogP contribution in [-0.4, -0.2) is 0 Å². The third-order valence-corrected chi connectivity index (χ3v) is 3.29. The first-order valence-corrected chi connectivity index (χ1v) is 6.66. The molecule has 0 aliphatic rings. The van der Waals surface area contributed by atoms with Crippen molar-refractivity contribution in [2.24, 2.45) is 0 Å². The molecule has 0 atom stereocenters. The van der Waals surface area contributed by atoms with Gasteiger partial charge in [-0.25, -0.2) is 0 Å². The number of anilines is 2. The van der Waals surface area contributed by atoms with Crippen molar-refractivity contribution in [2.75, 3.05) is 11.5 Å². The molecule has 0 spiro atoms. The van der Waals surface area contributed by atoms with E-state index in [9.17, 15) is 0 Å². The van der Waals surface area contributed by atoms with Gasteiger partial charge in [0, 0.05) is 11.4 Å². The summed E-state index contributed by atoms with van der Waals surface area (Å²) in [7, 11) is 0. The lowest BCUT2D eigenvalue weighted by Gasteiger charge is -2.07. The second kappa shape index (κ2) is 6.11. The van der Waals surface area contributed by atoms with Gasteiger partial charge in [-0.3, -0.25) is 0 Å². The van der Waals surface area contributed by atoms with Gasteiger partial charge in [0.1, 0.15) is 0 Å². The predicted molar refractivity (Wildman–Crippen MR) is 89.0 cm³/mol. The van der Waals surface area contributed by atoms with E-state index in [-0.39, 0.29) is 0 Å². The lowest BCUT2D eigenvalue weighted by molar-refractivity contribution is 1.54. The molecule has 0 saturated heterocycles. The van der Waals surface area contributed by atoms with Crippen LogP contribution in [0.5, 0.6) is 0 Å². The van der Waals surface area contributed by atoms with E-state index < -0.39 is 0 Å². The smallest absolute Gasteiger partial charge is 0.0314 e. The van der Waals surface area contributed by atoms with E-state index in [0.717, 1.165) is 16.9 Å². The van der Waals surface area contributed by atoms with E-state index in [0.29, 0.717) is 0 Å². The minimum Gasteiger partial charge on any atom is -0.399 e. The van der Waals surface area contributed by atoms with Gasteiger partial charge in [-0.2, -0.15) is 0 Å². The maximum atomic E-state index is 5.73. The zero-order valence-electron chi connectivity index (χ0n) is 11.9. The second-order valence-electron chi connectivity index (χ2n) is 4.82. The molecular weight excluding hydrogens is 244 g/mol. The number of benzene rings is 2. The lowest BCUT2D eigenvalue weighted by atomic mass is 9.99. The van der Waals surface area contributed by atoms with Crippen LogP contribution < -0.4 is 11.5 Å². The third kappa shape index (κ3) is 3.29. The van der Waals surface area contributed by atoms with Crippen LogP contribution in [0.4, 0.5) is 11.4 Å². The Bertz CT molecular complexity index is 632. The fourth-order valence-electron chi connectivity index (χ4n) is 2.07. The van der Waals surface area contributed by atoms with Crippen molar-refractivity contribution in [3.05, 3.63) is 71.8 Å². The Hall–Kier alpha value is -2.48. The number of allylic oxidation sites excluding steroid dienone is 4. The van der Waals surface area contributed by atoms with E-state index in [1.807, 2.05) is 55.5 Å². The SMILES string of the molecule is C/C=C(\C=C(/C)c1ccc(N)cc1)c1ccc(N)cc1. The van der Waals surface area contributed by atoms with Crippen LogP contribution >= 0.6 is 0 Å². The predicted octanol–water partition coefficient (Wildman–Crippen LogP) is 4.36. The molecule has 0 fully saturated rings. The van der Waals surface area contributed by atoms with Crippen LogP contribution in [0, 0.1) is 0 Å². The zero-order chi connectivity index (χ0) is 14.5. The fraction of sp³-hybridized carbons (Fsp3) is 0.111. The molecule has 0 bridgehead atoms. The van der Waals surface area contributed by atoms with Crippen molar-refractivity contribution >= 4 is 22.5 Å². The number of nitrogens with two attached hydrogens (primary N) is 2. The highest BCUT2D eigenvalue weighted by atomic mass is 14.5. The third-order valence-electron chi connectivity index (χ3n) is 3.29. The highest BCUT2D eigenvalue weighted by Gasteiger charge is 2.00. The van der Waals surface area contributed by atoms with Gasteiger partial charge in [-0.15, -0.1) is 0 Å². The summed E-state index contributed by atoms with van der Waals surface area (Å²) in [5.41, 5.74) is 17.7. The molecule has 20 heavy (non-hydrogen) atoms. The molecule has 2 heteroatoms. The topological polar surface area (TPSA) is 52.0 Å². The van der Waals surface area contributed by atoms with Crippen LogP contribution in [0.1, 0.15) is 25.0 Å². The molecule has 0 saturated carbocycles. The van der Waals surface area contributed by atoms with E-state index in [4.69, 9.17) is 11.5 Å². The summed E-state index contributed by atoms with van der Waals surface area (Å²) in [5, 5.41) is 0. The number of nitrogen functional groups attached to an aromatic ring is 2. The summed E-state index contributed by atoms with van der Waals surface area (Å²) < 4.78 is 0. The summed E-state index contributed by atoms with van der Waals surface area (Å²) in [6.45, 7) is 4.14. The van der Waals surface area contributed by atoms with E-state index in [1.165, 1.54) is 16.7 Å². The Labute approximate surface area is 120 Å². The Morgan fingerprint density at radius 3 is 1.70 bits per heavy atom.